The Balaban J connectivity index is 1.62. The number of fused-ring (bicyclic) bond motifs is 1. The average molecular weight is 582 g/mol. The molecule has 0 spiro atoms. The molecule has 5 amide bonds. The Morgan fingerprint density at radius 1 is 1.18 bits per heavy atom. The number of phenols is 1. The second-order valence-electron chi connectivity index (χ2n) is 8.90. The Morgan fingerprint density at radius 3 is 2.40 bits per heavy atom. The first kappa shape index (κ1) is 28.6. The number of urea groups is 2. The normalized spacial score (nSPS) is 17.6. The number of carboxylic acid groups (broad SMARTS) is 1. The number of carbonyl (C=O) groups excluding carboxylic acids is 3. The van der Waals surface area contributed by atoms with Gasteiger partial charge in [-0.05, 0) is 18.1 Å². The van der Waals surface area contributed by atoms with Crippen molar-refractivity contribution in [2.45, 2.75) is 18.4 Å². The Hall–Kier alpha value is -4.45. The van der Waals surface area contributed by atoms with E-state index in [1.165, 1.54) is 18.2 Å². The highest BCUT2D eigenvalue weighted by molar-refractivity contribution is 7.88. The number of aromatic hydroxyl groups is 1. The number of aromatic carboxylic acids is 1. The van der Waals surface area contributed by atoms with Crippen LogP contribution in [-0.2, 0) is 21.2 Å². The third-order valence-corrected chi connectivity index (χ3v) is 7.32. The molecular weight excluding hydrogens is 561 g/mol. The smallest absolute Gasteiger partial charge is 0.534 e. The van der Waals surface area contributed by atoms with Crippen molar-refractivity contribution < 1.29 is 56.3 Å². The van der Waals surface area contributed by atoms with Crippen LogP contribution in [0.5, 0.6) is 11.5 Å². The number of para-hydroxylation sites is 1. The summed E-state index contributed by atoms with van der Waals surface area (Å²) >= 11 is 0. The van der Waals surface area contributed by atoms with Gasteiger partial charge in [0, 0.05) is 12.1 Å². The Morgan fingerprint density at radius 2 is 1.82 bits per heavy atom. The summed E-state index contributed by atoms with van der Waals surface area (Å²) in [6.07, 6.45) is 0.553. The van der Waals surface area contributed by atoms with Gasteiger partial charge in [-0.1, -0.05) is 12.1 Å². The summed E-state index contributed by atoms with van der Waals surface area (Å²) in [4.78, 5) is 50.5. The van der Waals surface area contributed by atoms with Crippen molar-refractivity contribution in [1.29, 1.82) is 0 Å². The molecule has 1 saturated heterocycles. The molecule has 0 bridgehead atoms. The van der Waals surface area contributed by atoms with E-state index in [4.69, 9.17) is 4.65 Å². The Labute approximate surface area is 225 Å². The first-order valence-corrected chi connectivity index (χ1v) is 13.3. The zero-order chi connectivity index (χ0) is 29.5. The highest BCUT2D eigenvalue weighted by Crippen LogP contribution is 2.31. The summed E-state index contributed by atoms with van der Waals surface area (Å²) in [5.41, 5.74) is -1.00. The van der Waals surface area contributed by atoms with E-state index in [2.05, 4.69) is 5.32 Å². The molecule has 14 nitrogen and oxygen atoms in total. The van der Waals surface area contributed by atoms with Crippen molar-refractivity contribution in [3.63, 3.8) is 0 Å². The molecule has 5 N–H and O–H groups in total. The van der Waals surface area contributed by atoms with Gasteiger partial charge in [-0.15, -0.1) is 0 Å². The quantitative estimate of drug-likeness (QED) is 0.288. The minimum atomic E-state index is -4.03. The number of phenolic OH excluding ortho intramolecular Hbond substituents is 1. The van der Waals surface area contributed by atoms with Gasteiger partial charge in [-0.25, -0.2) is 40.8 Å². The minimum Gasteiger partial charge on any atom is -0.534 e. The first-order valence-electron chi connectivity index (χ1n) is 11.5. The molecule has 0 unspecified atom stereocenters. The molecule has 40 heavy (non-hydrogen) atoms. The van der Waals surface area contributed by atoms with E-state index in [0.717, 1.165) is 6.26 Å². The molecule has 212 valence electrons. The van der Waals surface area contributed by atoms with Gasteiger partial charge in [0.15, 0.2) is 0 Å². The second-order valence-corrected chi connectivity index (χ2v) is 10.8. The van der Waals surface area contributed by atoms with Crippen molar-refractivity contribution in [3.8, 4) is 11.5 Å². The van der Waals surface area contributed by atoms with Gasteiger partial charge in [0.2, 0.25) is 15.9 Å². The summed E-state index contributed by atoms with van der Waals surface area (Å²) in [6.45, 7) is -0.822. The van der Waals surface area contributed by atoms with Gasteiger partial charge in [-0.3, -0.25) is 4.79 Å². The summed E-state index contributed by atoms with van der Waals surface area (Å²) in [5, 5.41) is 33.6. The fourth-order valence-corrected chi connectivity index (χ4v) is 5.11. The van der Waals surface area contributed by atoms with Crippen LogP contribution >= 0.6 is 0 Å². The number of benzene rings is 2. The molecule has 2 aromatic carbocycles. The van der Waals surface area contributed by atoms with Crippen molar-refractivity contribution >= 4 is 41.1 Å². The molecule has 0 saturated carbocycles. The average Bonchev–Trinajstić information content (AvgIpc) is 3.24. The van der Waals surface area contributed by atoms with Crippen LogP contribution in [-0.4, -0.2) is 89.2 Å². The monoisotopic (exact) mass is 582 g/mol. The first-order chi connectivity index (χ1) is 18.7. The van der Waals surface area contributed by atoms with E-state index >= 15 is 0 Å². The van der Waals surface area contributed by atoms with Gasteiger partial charge < -0.3 is 30.5 Å². The van der Waals surface area contributed by atoms with E-state index < -0.39 is 89.1 Å². The Bertz CT molecular complexity index is 1500. The molecular formula is C22H21BF2N4O10S. The lowest BCUT2D eigenvalue weighted by Gasteiger charge is -2.30. The van der Waals surface area contributed by atoms with Crippen LogP contribution in [0.3, 0.4) is 0 Å². The van der Waals surface area contributed by atoms with Crippen molar-refractivity contribution in [2.24, 2.45) is 0 Å². The molecule has 2 atom stereocenters. The summed E-state index contributed by atoms with van der Waals surface area (Å²) < 4.78 is 58.8. The van der Waals surface area contributed by atoms with E-state index in [1.807, 2.05) is 5.32 Å². The van der Waals surface area contributed by atoms with Crippen molar-refractivity contribution in [3.05, 3.63) is 58.7 Å². The predicted octanol–water partition coefficient (Wildman–Crippen LogP) is -0.0439. The molecule has 1 fully saturated rings. The van der Waals surface area contributed by atoms with Gasteiger partial charge in [0.05, 0.1) is 36.4 Å². The standard InChI is InChI=1S/C22H21BF2N4O10S/c1-40(37,38)29-6-5-28(22(29)35)21(34)27-17(16-13(24)8-11(30)9-14(16)25)19(31)26-15-7-10-3-2-4-12(20(32)33)18(10)39-23(15)36/h2-4,8-9,15,17,30,36H,5-7H2,1H3,(H,26,31)(H,27,34)(H,32,33)/t15-,17+/m0/s1. The lowest BCUT2D eigenvalue weighted by atomic mass is 9.72. The molecule has 2 aromatic rings. The fourth-order valence-electron chi connectivity index (χ4n) is 4.31. The number of imide groups is 1. The minimum absolute atomic E-state index is 0.142. The zero-order valence-electron chi connectivity index (χ0n) is 20.5. The number of carboxylic acids is 1. The third-order valence-electron chi connectivity index (χ3n) is 6.18. The number of nitrogens with one attached hydrogen (secondary N) is 2. The number of nitrogens with zero attached hydrogens (tertiary/aromatic N) is 2. The lowest BCUT2D eigenvalue weighted by Crippen LogP contribution is -2.56. The molecule has 0 aliphatic carbocycles. The van der Waals surface area contributed by atoms with Gasteiger partial charge in [-0.2, -0.15) is 0 Å². The van der Waals surface area contributed by atoms with Crippen LogP contribution in [0, 0.1) is 11.6 Å². The van der Waals surface area contributed by atoms with E-state index in [1.54, 1.807) is 0 Å². The second kappa shape index (κ2) is 10.6. The van der Waals surface area contributed by atoms with Gasteiger partial charge in [0.1, 0.15) is 29.2 Å². The predicted molar refractivity (Wildman–Crippen MR) is 131 cm³/mol. The maximum atomic E-state index is 14.8. The lowest BCUT2D eigenvalue weighted by molar-refractivity contribution is -0.123. The fraction of sp³-hybridized carbons (Fsp3) is 0.273. The van der Waals surface area contributed by atoms with Gasteiger partial charge >= 0.3 is 25.1 Å². The highest BCUT2D eigenvalue weighted by Gasteiger charge is 2.42. The maximum Gasteiger partial charge on any atom is 0.547 e. The zero-order valence-corrected chi connectivity index (χ0v) is 21.3. The third kappa shape index (κ3) is 5.48. The maximum absolute atomic E-state index is 14.8. The molecule has 0 aromatic heterocycles. The number of hydrogen-bond acceptors (Lipinski definition) is 9. The van der Waals surface area contributed by atoms with Crippen LogP contribution in [0.4, 0.5) is 18.4 Å². The topological polar surface area (TPSA) is 203 Å². The molecule has 18 heteroatoms. The molecule has 4 rings (SSSR count). The van der Waals surface area contributed by atoms with Crippen LogP contribution in [0.15, 0.2) is 30.3 Å². The molecule has 0 radical (unpaired) electrons. The molecule has 2 heterocycles. The van der Waals surface area contributed by atoms with E-state index in [0.29, 0.717) is 21.3 Å². The van der Waals surface area contributed by atoms with E-state index in [-0.39, 0.29) is 23.3 Å². The van der Waals surface area contributed by atoms with Crippen LogP contribution in [0.2, 0.25) is 0 Å². The summed E-state index contributed by atoms with van der Waals surface area (Å²) in [5.74, 6) is -7.77. The Kier molecular flexibility index (Phi) is 7.58. The number of hydrogen-bond donors (Lipinski definition) is 5. The number of rotatable bonds is 6. The summed E-state index contributed by atoms with van der Waals surface area (Å²) in [6, 6.07) is 0.245. The number of carbonyl (C=O) groups is 4. The van der Waals surface area contributed by atoms with Crippen LogP contribution in [0.25, 0.3) is 0 Å². The summed E-state index contributed by atoms with van der Waals surface area (Å²) in [7, 11) is -5.85. The largest absolute Gasteiger partial charge is 0.547 e. The molecule has 2 aliphatic heterocycles. The van der Waals surface area contributed by atoms with Gasteiger partial charge in [0.25, 0.3) is 0 Å². The number of halogens is 2. The van der Waals surface area contributed by atoms with E-state index in [9.17, 15) is 51.6 Å². The van der Waals surface area contributed by atoms with Crippen molar-refractivity contribution in [2.75, 3.05) is 19.3 Å². The molecule has 2 aliphatic rings. The SMILES string of the molecule is CS(=O)(=O)N1CCN(C(=O)N[C@@H](C(=O)N[C@H]2Cc3cccc(C(=O)O)c3OB2O)c2c(F)cc(O)cc2F)C1=O. The highest BCUT2D eigenvalue weighted by atomic mass is 32.2. The number of amides is 5. The van der Waals surface area contributed by atoms with Crippen LogP contribution in [0.1, 0.15) is 27.5 Å². The van der Waals surface area contributed by atoms with Crippen LogP contribution < -0.4 is 15.3 Å². The van der Waals surface area contributed by atoms with Crippen molar-refractivity contribution in [1.82, 2.24) is 19.8 Å². The number of sulfonamides is 1.